The van der Waals surface area contributed by atoms with Crippen LogP contribution in [0.2, 0.25) is 0 Å². The van der Waals surface area contributed by atoms with E-state index in [1.807, 2.05) is 13.8 Å². The number of unbranched alkanes of at least 4 members (excludes halogenated alkanes) is 1. The molecule has 0 aromatic heterocycles. The summed E-state index contributed by atoms with van der Waals surface area (Å²) < 4.78 is 11.1. The van der Waals surface area contributed by atoms with E-state index in [0.29, 0.717) is 5.96 Å². The average Bonchev–Trinajstić information content (AvgIpc) is 3.05. The molecule has 0 aromatic rings. The van der Waals surface area contributed by atoms with E-state index in [4.69, 9.17) is 9.47 Å². The second-order valence-corrected chi connectivity index (χ2v) is 6.52. The molecule has 1 aliphatic rings. The van der Waals surface area contributed by atoms with Crippen molar-refractivity contribution in [3.8, 4) is 0 Å². The van der Waals surface area contributed by atoms with Gasteiger partial charge in [0, 0.05) is 40.4 Å². The van der Waals surface area contributed by atoms with Crippen LogP contribution in [0.25, 0.3) is 0 Å². The van der Waals surface area contributed by atoms with E-state index in [-0.39, 0.29) is 48.6 Å². The van der Waals surface area contributed by atoms with Gasteiger partial charge in [-0.05, 0) is 39.5 Å². The summed E-state index contributed by atoms with van der Waals surface area (Å²) in [6.07, 6.45) is 4.70. The predicted octanol–water partition coefficient (Wildman–Crippen LogP) is 1.61. The van der Waals surface area contributed by atoms with Crippen molar-refractivity contribution in [2.75, 3.05) is 46.9 Å². The minimum absolute atomic E-state index is 0. The highest BCUT2D eigenvalue weighted by atomic mass is 127. The van der Waals surface area contributed by atoms with E-state index in [1.54, 1.807) is 19.0 Å². The quantitative estimate of drug-likeness (QED) is 0.220. The summed E-state index contributed by atoms with van der Waals surface area (Å²) in [7, 11) is 3.47. The van der Waals surface area contributed by atoms with Gasteiger partial charge >= 0.3 is 0 Å². The largest absolute Gasteiger partial charge is 0.379 e. The van der Waals surface area contributed by atoms with Gasteiger partial charge in [-0.3, -0.25) is 4.79 Å². The summed E-state index contributed by atoms with van der Waals surface area (Å²) >= 11 is 0. The fourth-order valence-electron chi connectivity index (χ4n) is 2.23. The van der Waals surface area contributed by atoms with E-state index in [9.17, 15) is 4.79 Å². The van der Waals surface area contributed by atoms with E-state index >= 15 is 0 Å². The van der Waals surface area contributed by atoms with Crippen LogP contribution in [0.5, 0.6) is 0 Å². The molecule has 0 radical (unpaired) electrons. The Kier molecular flexibility index (Phi) is 14.2. The molecule has 0 aliphatic carbocycles. The van der Waals surface area contributed by atoms with Gasteiger partial charge in [-0.1, -0.05) is 0 Å². The number of hydrogen-bond donors (Lipinski definition) is 2. The molecule has 1 saturated heterocycles. The van der Waals surface area contributed by atoms with E-state index in [0.717, 1.165) is 52.0 Å². The number of guanidine groups is 1. The third kappa shape index (κ3) is 12.4. The van der Waals surface area contributed by atoms with Crippen LogP contribution in [0, 0.1) is 0 Å². The SMILES string of the molecule is CC(C)OCCCCNC(=NCC(=O)N(C)C)NCC1CCCO1.I. The van der Waals surface area contributed by atoms with Crippen molar-refractivity contribution >= 4 is 35.8 Å². The van der Waals surface area contributed by atoms with E-state index in [1.165, 1.54) is 0 Å². The van der Waals surface area contributed by atoms with Crippen molar-refractivity contribution in [1.29, 1.82) is 0 Å². The zero-order chi connectivity index (χ0) is 17.8. The first-order chi connectivity index (χ1) is 11.5. The Bertz CT molecular complexity index is 386. The second kappa shape index (κ2) is 14.5. The second-order valence-electron chi connectivity index (χ2n) is 6.52. The third-order valence-corrected chi connectivity index (χ3v) is 3.71. The molecule has 8 heteroatoms. The van der Waals surface area contributed by atoms with Crippen molar-refractivity contribution in [3.05, 3.63) is 0 Å². The van der Waals surface area contributed by atoms with Crippen molar-refractivity contribution in [1.82, 2.24) is 15.5 Å². The summed E-state index contributed by atoms with van der Waals surface area (Å²) in [5.41, 5.74) is 0. The van der Waals surface area contributed by atoms with Gasteiger partial charge < -0.3 is 25.0 Å². The number of nitrogens with zero attached hydrogens (tertiary/aromatic N) is 2. The molecular formula is C17H35IN4O3. The fourth-order valence-corrected chi connectivity index (χ4v) is 2.23. The van der Waals surface area contributed by atoms with Crippen LogP contribution in [-0.2, 0) is 14.3 Å². The van der Waals surface area contributed by atoms with E-state index < -0.39 is 0 Å². The first kappa shape index (κ1) is 24.4. The molecule has 1 heterocycles. The van der Waals surface area contributed by atoms with Gasteiger partial charge in [0.2, 0.25) is 5.91 Å². The molecule has 7 nitrogen and oxygen atoms in total. The lowest BCUT2D eigenvalue weighted by atomic mass is 10.2. The summed E-state index contributed by atoms with van der Waals surface area (Å²) in [5, 5.41) is 6.56. The van der Waals surface area contributed by atoms with Crippen LogP contribution < -0.4 is 10.6 Å². The molecule has 0 bridgehead atoms. The van der Waals surface area contributed by atoms with Crippen molar-refractivity contribution in [3.63, 3.8) is 0 Å². The zero-order valence-corrected chi connectivity index (χ0v) is 18.4. The number of likely N-dealkylation sites (N-methyl/N-ethyl adjacent to an activating group) is 1. The number of ether oxygens (including phenoxy) is 2. The molecule has 1 fully saturated rings. The maximum Gasteiger partial charge on any atom is 0.243 e. The van der Waals surface area contributed by atoms with Gasteiger partial charge in [-0.2, -0.15) is 0 Å². The Morgan fingerprint density at radius 2 is 2.08 bits per heavy atom. The number of carbonyl (C=O) groups excluding carboxylic acids is 1. The highest BCUT2D eigenvalue weighted by Gasteiger charge is 2.15. The van der Waals surface area contributed by atoms with Crippen LogP contribution >= 0.6 is 24.0 Å². The third-order valence-electron chi connectivity index (χ3n) is 3.71. The number of hydrogen-bond acceptors (Lipinski definition) is 4. The van der Waals surface area contributed by atoms with Crippen LogP contribution in [-0.4, -0.2) is 75.9 Å². The standard InChI is InChI=1S/C17H34N4O3.HI/c1-14(2)23-10-6-5-9-18-17(20-13-16(22)21(3)4)19-12-15-8-7-11-24-15;/h14-15H,5-13H2,1-4H3,(H2,18,19,20);1H. The minimum Gasteiger partial charge on any atom is -0.379 e. The molecule has 1 unspecified atom stereocenters. The lowest BCUT2D eigenvalue weighted by molar-refractivity contribution is -0.127. The summed E-state index contributed by atoms with van der Waals surface area (Å²) in [6.45, 7) is 7.35. The Morgan fingerprint density at radius 1 is 1.32 bits per heavy atom. The molecule has 0 aromatic carbocycles. The number of halogens is 1. The summed E-state index contributed by atoms with van der Waals surface area (Å²) in [4.78, 5) is 17.6. The molecule has 1 amide bonds. The van der Waals surface area contributed by atoms with Crippen LogP contribution in [0.1, 0.15) is 39.5 Å². The first-order valence-electron chi connectivity index (χ1n) is 8.94. The Morgan fingerprint density at radius 3 is 2.68 bits per heavy atom. The highest BCUT2D eigenvalue weighted by molar-refractivity contribution is 14.0. The number of aliphatic imine (C=N–C) groups is 1. The molecule has 0 spiro atoms. The number of rotatable bonds is 10. The average molecular weight is 470 g/mol. The van der Waals surface area contributed by atoms with Crippen molar-refractivity contribution in [2.45, 2.75) is 51.7 Å². The first-order valence-corrected chi connectivity index (χ1v) is 8.94. The Hall–Kier alpha value is -0.610. The normalized spacial score (nSPS) is 17.3. The molecule has 1 rings (SSSR count). The monoisotopic (exact) mass is 470 g/mol. The van der Waals surface area contributed by atoms with Gasteiger partial charge in [0.15, 0.2) is 5.96 Å². The molecule has 0 saturated carbocycles. The topological polar surface area (TPSA) is 75.2 Å². The molecule has 25 heavy (non-hydrogen) atoms. The van der Waals surface area contributed by atoms with Gasteiger partial charge in [-0.25, -0.2) is 4.99 Å². The molecule has 2 N–H and O–H groups in total. The van der Waals surface area contributed by atoms with Crippen LogP contribution in [0.3, 0.4) is 0 Å². The number of amides is 1. The van der Waals surface area contributed by atoms with Gasteiger partial charge in [0.05, 0.1) is 12.2 Å². The van der Waals surface area contributed by atoms with Crippen LogP contribution in [0.15, 0.2) is 4.99 Å². The van der Waals surface area contributed by atoms with E-state index in [2.05, 4.69) is 15.6 Å². The van der Waals surface area contributed by atoms with Crippen molar-refractivity contribution in [2.24, 2.45) is 4.99 Å². The molecule has 148 valence electrons. The Balaban J connectivity index is 0.00000576. The number of carbonyl (C=O) groups is 1. The lowest BCUT2D eigenvalue weighted by Crippen LogP contribution is -2.42. The van der Waals surface area contributed by atoms with Gasteiger partial charge in [0.25, 0.3) is 0 Å². The smallest absolute Gasteiger partial charge is 0.243 e. The maximum absolute atomic E-state index is 11.7. The molecule has 1 aliphatic heterocycles. The lowest BCUT2D eigenvalue weighted by Gasteiger charge is -2.16. The minimum atomic E-state index is -0.0152. The zero-order valence-electron chi connectivity index (χ0n) is 16.0. The fraction of sp³-hybridized carbons (Fsp3) is 0.882. The van der Waals surface area contributed by atoms with Gasteiger partial charge in [0.1, 0.15) is 6.54 Å². The highest BCUT2D eigenvalue weighted by Crippen LogP contribution is 2.10. The maximum atomic E-state index is 11.7. The van der Waals surface area contributed by atoms with Crippen LogP contribution in [0.4, 0.5) is 0 Å². The number of nitrogens with one attached hydrogen (secondary N) is 2. The summed E-state index contributed by atoms with van der Waals surface area (Å²) in [5.74, 6) is 0.657. The summed E-state index contributed by atoms with van der Waals surface area (Å²) in [6, 6.07) is 0. The molecular weight excluding hydrogens is 435 g/mol. The van der Waals surface area contributed by atoms with Gasteiger partial charge in [-0.15, -0.1) is 24.0 Å². The Labute approximate surface area is 169 Å². The van der Waals surface area contributed by atoms with Crippen molar-refractivity contribution < 1.29 is 14.3 Å². The predicted molar refractivity (Wildman–Crippen MR) is 112 cm³/mol. The molecule has 1 atom stereocenters.